The molecule has 1 saturated heterocycles. The summed E-state index contributed by atoms with van der Waals surface area (Å²) in [6.45, 7) is -0.492. The quantitative estimate of drug-likeness (QED) is 0.543. The highest BCUT2D eigenvalue weighted by molar-refractivity contribution is 14.1. The van der Waals surface area contributed by atoms with E-state index in [2.05, 4.69) is 27.4 Å². The Morgan fingerprint density at radius 3 is 2.45 bits per heavy atom. The number of carbonyl (C=O) groups excluding carboxylic acids is 1. The van der Waals surface area contributed by atoms with Crippen molar-refractivity contribution in [2.75, 3.05) is 13.1 Å². The van der Waals surface area contributed by atoms with Crippen LogP contribution in [0.3, 0.4) is 0 Å². The Morgan fingerprint density at radius 2 is 1.91 bits per heavy atom. The number of piperidine rings is 1. The molecule has 1 aliphatic heterocycles. The maximum atomic E-state index is 14.0. The van der Waals surface area contributed by atoms with Crippen LogP contribution in [-0.4, -0.2) is 42.6 Å². The molecule has 0 N–H and O–H groups in total. The lowest BCUT2D eigenvalue weighted by molar-refractivity contribution is -0.246. The lowest BCUT2D eigenvalue weighted by atomic mass is 10.1. The van der Waals surface area contributed by atoms with Crippen molar-refractivity contribution in [1.29, 1.82) is 0 Å². The summed E-state index contributed by atoms with van der Waals surface area (Å²) in [5.41, 5.74) is 0. The van der Waals surface area contributed by atoms with Crippen molar-refractivity contribution < 1.29 is 31.9 Å². The molecule has 0 spiro atoms. The van der Waals surface area contributed by atoms with Crippen LogP contribution >= 0.6 is 22.6 Å². The second-order valence-corrected chi connectivity index (χ2v) is 5.93. The summed E-state index contributed by atoms with van der Waals surface area (Å²) in [5.74, 6) is -1.87. The van der Waals surface area contributed by atoms with Gasteiger partial charge in [0.25, 0.3) is 0 Å². The minimum Gasteiger partial charge on any atom is -0.487 e. The fourth-order valence-electron chi connectivity index (χ4n) is 1.93. The number of halogens is 5. The van der Waals surface area contributed by atoms with Crippen molar-refractivity contribution in [2.24, 2.45) is 0 Å². The molecule has 2 atom stereocenters. The number of benzene rings is 1. The predicted molar refractivity (Wildman–Crippen MR) is 76.8 cm³/mol. The van der Waals surface area contributed by atoms with E-state index in [0.717, 1.165) is 3.57 Å². The molecule has 22 heavy (non-hydrogen) atoms. The van der Waals surface area contributed by atoms with Crippen LogP contribution < -0.4 is 4.74 Å². The summed E-state index contributed by atoms with van der Waals surface area (Å²) in [5, 5.41) is 0.675. The van der Waals surface area contributed by atoms with Gasteiger partial charge in [-0.15, -0.1) is 5.06 Å². The number of rotatable bonds is 3. The van der Waals surface area contributed by atoms with E-state index in [1.165, 1.54) is 0 Å². The van der Waals surface area contributed by atoms with Gasteiger partial charge in [0, 0.05) is 16.5 Å². The summed E-state index contributed by atoms with van der Waals surface area (Å²) < 4.78 is 56.7. The van der Waals surface area contributed by atoms with Gasteiger partial charge in [0.2, 0.25) is 0 Å². The number of hydrogen-bond acceptors (Lipinski definition) is 4. The van der Waals surface area contributed by atoms with Gasteiger partial charge in [-0.05, 0) is 46.9 Å². The van der Waals surface area contributed by atoms with Gasteiger partial charge in [0.1, 0.15) is 11.9 Å². The highest BCUT2D eigenvalue weighted by Gasteiger charge is 2.44. The van der Waals surface area contributed by atoms with Gasteiger partial charge in [-0.25, -0.2) is 9.18 Å². The van der Waals surface area contributed by atoms with Gasteiger partial charge >= 0.3 is 12.1 Å². The zero-order chi connectivity index (χ0) is 16.3. The fourth-order valence-corrected chi connectivity index (χ4v) is 2.29. The van der Waals surface area contributed by atoms with Gasteiger partial charge in [-0.2, -0.15) is 13.2 Å². The molecule has 0 radical (unpaired) electrons. The molecule has 2 unspecified atom stereocenters. The molecule has 0 saturated carbocycles. The van der Waals surface area contributed by atoms with Crippen LogP contribution in [0.5, 0.6) is 5.75 Å². The van der Waals surface area contributed by atoms with Crippen LogP contribution in [0.25, 0.3) is 0 Å². The molecule has 1 aromatic rings. The molecule has 1 aliphatic rings. The van der Waals surface area contributed by atoms with Crippen LogP contribution in [0.1, 0.15) is 6.42 Å². The molecule has 122 valence electrons. The van der Waals surface area contributed by atoms with Gasteiger partial charge in [0.05, 0.1) is 6.54 Å². The van der Waals surface area contributed by atoms with Crippen LogP contribution in [0, 0.1) is 3.57 Å². The van der Waals surface area contributed by atoms with Gasteiger partial charge < -0.3 is 9.57 Å². The van der Waals surface area contributed by atoms with E-state index in [-0.39, 0.29) is 13.0 Å². The Kier molecular flexibility index (Phi) is 5.48. The van der Waals surface area contributed by atoms with E-state index in [0.29, 0.717) is 10.8 Å². The van der Waals surface area contributed by atoms with Crippen molar-refractivity contribution >= 4 is 28.6 Å². The van der Waals surface area contributed by atoms with Crippen molar-refractivity contribution in [1.82, 2.24) is 5.06 Å². The minimum atomic E-state index is -5.10. The SMILES string of the molecule is O=C(ON1CCC(Oc2ccc(I)cc2)C(F)C1)C(F)(F)F. The maximum absolute atomic E-state index is 14.0. The Labute approximate surface area is 137 Å². The largest absolute Gasteiger partial charge is 0.492 e. The van der Waals surface area contributed by atoms with E-state index in [4.69, 9.17) is 4.74 Å². The summed E-state index contributed by atoms with van der Waals surface area (Å²) in [6.07, 6.45) is -7.34. The molecule has 0 amide bonds. The van der Waals surface area contributed by atoms with Crippen LogP contribution in [0.15, 0.2) is 24.3 Å². The standard InChI is InChI=1S/C13H12F4INO3/c14-10-7-19(22-12(20)13(15,16)17)6-5-11(10)21-9-3-1-8(18)2-4-9/h1-4,10-11H,5-7H2. The van der Waals surface area contributed by atoms with E-state index < -0.39 is 31.0 Å². The van der Waals surface area contributed by atoms with E-state index in [1.54, 1.807) is 24.3 Å². The van der Waals surface area contributed by atoms with E-state index in [9.17, 15) is 22.4 Å². The van der Waals surface area contributed by atoms with Crippen LogP contribution in [-0.2, 0) is 9.63 Å². The Balaban J connectivity index is 1.87. The van der Waals surface area contributed by atoms with E-state index in [1.807, 2.05) is 0 Å². The number of ether oxygens (including phenoxy) is 1. The van der Waals surface area contributed by atoms with Gasteiger partial charge in [0.15, 0.2) is 6.17 Å². The molecule has 9 heteroatoms. The number of hydroxylamine groups is 2. The first-order valence-corrected chi connectivity index (χ1v) is 7.44. The summed E-state index contributed by atoms with van der Waals surface area (Å²) in [4.78, 5) is 14.8. The molecule has 1 heterocycles. The molecule has 0 bridgehead atoms. The van der Waals surface area contributed by atoms with Crippen molar-refractivity contribution in [3.05, 3.63) is 27.8 Å². The van der Waals surface area contributed by atoms with Crippen LogP contribution in [0.2, 0.25) is 0 Å². The molecule has 4 nitrogen and oxygen atoms in total. The third-order valence-corrected chi connectivity index (χ3v) is 3.71. The van der Waals surface area contributed by atoms with Gasteiger partial charge in [-0.1, -0.05) is 0 Å². The fraction of sp³-hybridized carbons (Fsp3) is 0.462. The second-order valence-electron chi connectivity index (χ2n) is 4.68. The zero-order valence-electron chi connectivity index (χ0n) is 11.1. The Hall–Kier alpha value is -1.10. The molecule has 1 fully saturated rings. The summed E-state index contributed by atoms with van der Waals surface area (Å²) in [7, 11) is 0. The van der Waals surface area contributed by atoms with Gasteiger partial charge in [-0.3, -0.25) is 0 Å². The molecule has 2 rings (SSSR count). The lowest BCUT2D eigenvalue weighted by Crippen LogP contribution is -2.48. The highest BCUT2D eigenvalue weighted by Crippen LogP contribution is 2.24. The summed E-state index contributed by atoms with van der Waals surface area (Å²) >= 11 is 2.11. The first-order chi connectivity index (χ1) is 10.3. The number of hydrogen-bond donors (Lipinski definition) is 0. The first-order valence-electron chi connectivity index (χ1n) is 6.36. The molecule has 0 aromatic heterocycles. The second kappa shape index (κ2) is 6.99. The first kappa shape index (κ1) is 17.3. The molecule has 1 aromatic carbocycles. The van der Waals surface area contributed by atoms with Crippen molar-refractivity contribution in [3.63, 3.8) is 0 Å². The van der Waals surface area contributed by atoms with E-state index >= 15 is 0 Å². The number of nitrogens with zero attached hydrogens (tertiary/aromatic N) is 1. The topological polar surface area (TPSA) is 38.8 Å². The number of carbonyl (C=O) groups is 1. The average molecular weight is 433 g/mol. The molecule has 0 aliphatic carbocycles. The number of alkyl halides is 4. The van der Waals surface area contributed by atoms with Crippen LogP contribution in [0.4, 0.5) is 17.6 Å². The minimum absolute atomic E-state index is 0.0305. The smallest absolute Gasteiger partial charge is 0.487 e. The predicted octanol–water partition coefficient (Wildman–Crippen LogP) is 3.10. The zero-order valence-corrected chi connectivity index (χ0v) is 13.3. The third kappa shape index (κ3) is 4.70. The summed E-state index contributed by atoms with van der Waals surface area (Å²) in [6, 6.07) is 6.96. The van der Waals surface area contributed by atoms with Crippen molar-refractivity contribution in [2.45, 2.75) is 24.9 Å². The monoisotopic (exact) mass is 433 g/mol. The highest BCUT2D eigenvalue weighted by atomic mass is 127. The maximum Gasteiger partial charge on any atom is 0.492 e. The van der Waals surface area contributed by atoms with Crippen molar-refractivity contribution in [3.8, 4) is 5.75 Å². The Bertz CT molecular complexity index is 523. The average Bonchev–Trinajstić information content (AvgIpc) is 2.43. The Morgan fingerprint density at radius 1 is 1.27 bits per heavy atom. The lowest BCUT2D eigenvalue weighted by Gasteiger charge is -2.33. The molecular formula is C13H12F4INO3. The normalized spacial score (nSPS) is 23.1. The molecular weight excluding hydrogens is 421 g/mol. The third-order valence-electron chi connectivity index (χ3n) is 2.99.